The third-order valence-electron chi connectivity index (χ3n) is 18.9. The molecule has 1 amide bonds. The summed E-state index contributed by atoms with van der Waals surface area (Å²) in [7, 11) is 0. The number of unbranched alkanes of at least 4 members (excludes halogenated alkanes) is 61. The number of ether oxygens (including phenoxy) is 1. The van der Waals surface area contributed by atoms with E-state index in [2.05, 4.69) is 43.5 Å². The van der Waals surface area contributed by atoms with Gasteiger partial charge in [0.05, 0.1) is 25.4 Å². The Kier molecular flexibility index (Phi) is 75.8. The predicted molar refractivity (Wildman–Crippen MR) is 389 cm³/mol. The van der Waals surface area contributed by atoms with Gasteiger partial charge in [-0.1, -0.05) is 410 Å². The van der Waals surface area contributed by atoms with E-state index in [4.69, 9.17) is 4.74 Å². The number of esters is 1. The van der Waals surface area contributed by atoms with Crippen LogP contribution in [0.2, 0.25) is 0 Å². The van der Waals surface area contributed by atoms with E-state index >= 15 is 0 Å². The second-order valence-electron chi connectivity index (χ2n) is 27.8. The van der Waals surface area contributed by atoms with Crippen molar-refractivity contribution in [2.24, 2.45) is 0 Å². The summed E-state index contributed by atoms with van der Waals surface area (Å²) in [4.78, 5) is 24.7. The molecule has 0 aromatic rings. The maximum atomic E-state index is 12.6. The zero-order chi connectivity index (χ0) is 63.5. The average Bonchev–Trinajstić information content (AvgIpc) is 3.58. The van der Waals surface area contributed by atoms with E-state index in [1.54, 1.807) is 6.08 Å². The minimum atomic E-state index is -0.844. The molecular formula is C82H157NO5. The van der Waals surface area contributed by atoms with Crippen LogP contribution in [0.15, 0.2) is 36.5 Å². The number of aliphatic hydroxyl groups excluding tert-OH is 2. The molecule has 3 N–H and O–H groups in total. The van der Waals surface area contributed by atoms with Crippen LogP contribution in [-0.4, -0.2) is 47.4 Å². The molecule has 6 nitrogen and oxygen atoms in total. The van der Waals surface area contributed by atoms with Gasteiger partial charge >= 0.3 is 5.97 Å². The van der Waals surface area contributed by atoms with Crippen molar-refractivity contribution in [3.8, 4) is 0 Å². The van der Waals surface area contributed by atoms with Crippen molar-refractivity contribution < 1.29 is 24.5 Å². The Morgan fingerprint density at radius 1 is 0.318 bits per heavy atom. The highest BCUT2D eigenvalue weighted by Gasteiger charge is 2.18. The summed E-state index contributed by atoms with van der Waals surface area (Å²) in [5.41, 5.74) is 0. The lowest BCUT2D eigenvalue weighted by molar-refractivity contribution is -0.143. The molecule has 0 bridgehead atoms. The molecule has 0 saturated carbocycles. The quantitative estimate of drug-likeness (QED) is 0.0320. The molecule has 0 saturated heterocycles. The summed E-state index contributed by atoms with van der Waals surface area (Å²) in [6.07, 6.45) is 101. The molecule has 0 aliphatic carbocycles. The van der Waals surface area contributed by atoms with Gasteiger partial charge in [-0.15, -0.1) is 0 Å². The zero-order valence-corrected chi connectivity index (χ0v) is 59.7. The Bertz CT molecular complexity index is 1430. The van der Waals surface area contributed by atoms with Crippen molar-refractivity contribution in [3.63, 3.8) is 0 Å². The molecule has 0 aliphatic rings. The van der Waals surface area contributed by atoms with Gasteiger partial charge in [-0.2, -0.15) is 0 Å². The Morgan fingerprint density at radius 2 is 0.568 bits per heavy atom. The van der Waals surface area contributed by atoms with Crippen molar-refractivity contribution in [2.75, 3.05) is 13.2 Å². The highest BCUT2D eigenvalue weighted by molar-refractivity contribution is 5.76. The van der Waals surface area contributed by atoms with Crippen LogP contribution in [0.5, 0.6) is 0 Å². The molecule has 520 valence electrons. The molecular weight excluding hydrogens is 1080 g/mol. The van der Waals surface area contributed by atoms with Gasteiger partial charge in [0, 0.05) is 12.8 Å². The highest BCUT2D eigenvalue weighted by atomic mass is 16.5. The molecule has 0 radical (unpaired) electrons. The molecule has 0 fully saturated rings. The zero-order valence-electron chi connectivity index (χ0n) is 59.7. The fourth-order valence-corrected chi connectivity index (χ4v) is 12.8. The summed E-state index contributed by atoms with van der Waals surface area (Å²) in [5.74, 6) is -0.0519. The van der Waals surface area contributed by atoms with Gasteiger partial charge in [-0.3, -0.25) is 9.59 Å². The fourth-order valence-electron chi connectivity index (χ4n) is 12.8. The summed E-state index contributed by atoms with van der Waals surface area (Å²) in [5, 5.41) is 23.3. The van der Waals surface area contributed by atoms with Crippen molar-refractivity contribution in [1.82, 2.24) is 5.32 Å². The topological polar surface area (TPSA) is 95.9 Å². The SMILES string of the molecule is CCCCCC/C=C\C/C=C\CCCCCCCC(=O)OCCCCCCCCCCCCCCCCCCCCCCCCCCCCCCCCC(=O)NC(CO)C(O)/C=C/CCCCCCCCCCCCCCCCCCCCCCCCC. The van der Waals surface area contributed by atoms with E-state index in [1.165, 1.54) is 372 Å². The third-order valence-corrected chi connectivity index (χ3v) is 18.9. The minimum absolute atomic E-state index is 0.00711. The lowest BCUT2D eigenvalue weighted by atomic mass is 10.0. The molecule has 6 heteroatoms. The number of hydrogen-bond acceptors (Lipinski definition) is 5. The van der Waals surface area contributed by atoms with Crippen molar-refractivity contribution >= 4 is 11.9 Å². The first-order valence-corrected chi connectivity index (χ1v) is 40.3. The van der Waals surface area contributed by atoms with Gasteiger partial charge in [-0.05, 0) is 64.2 Å². The summed E-state index contributed by atoms with van der Waals surface area (Å²) in [6.45, 7) is 4.93. The van der Waals surface area contributed by atoms with E-state index in [0.29, 0.717) is 19.4 Å². The lowest BCUT2D eigenvalue weighted by Gasteiger charge is -2.20. The Morgan fingerprint density at radius 3 is 0.875 bits per heavy atom. The number of carbonyl (C=O) groups excluding carboxylic acids is 2. The molecule has 0 aromatic carbocycles. The van der Waals surface area contributed by atoms with E-state index in [0.717, 1.165) is 51.4 Å². The van der Waals surface area contributed by atoms with Gasteiger partial charge in [0.15, 0.2) is 0 Å². The van der Waals surface area contributed by atoms with Crippen molar-refractivity contribution in [2.45, 2.75) is 463 Å². The van der Waals surface area contributed by atoms with Crippen LogP contribution in [0, 0.1) is 0 Å². The normalized spacial score (nSPS) is 12.6. The standard InChI is InChI=1S/C82H157NO5/c1-3-5-7-9-11-13-15-17-19-21-22-23-24-31-34-37-40-43-46-50-54-58-62-66-70-74-80(85)79(78-84)83-81(86)75-71-67-63-59-55-51-47-44-41-38-35-32-29-27-25-26-28-30-33-36-39-42-45-49-53-57-61-65-69-73-77-88-82(87)76-72-68-64-60-56-52-48-20-18-16-14-12-10-8-6-4-2/h14,16,20,48,70,74,79-80,84-85H,3-13,15,17-19,21-47,49-69,71-73,75-78H2,1-2H3,(H,83,86)/b16-14-,48-20-,74-70+. The summed E-state index contributed by atoms with van der Waals surface area (Å²) < 4.78 is 5.50. The van der Waals surface area contributed by atoms with Gasteiger partial charge in [-0.25, -0.2) is 0 Å². The number of allylic oxidation sites excluding steroid dienone is 5. The monoisotopic (exact) mass is 1240 g/mol. The molecule has 0 spiro atoms. The van der Waals surface area contributed by atoms with E-state index in [-0.39, 0.29) is 18.5 Å². The number of rotatable bonds is 76. The van der Waals surface area contributed by atoms with Gasteiger partial charge in [0.25, 0.3) is 0 Å². The van der Waals surface area contributed by atoms with Crippen LogP contribution >= 0.6 is 0 Å². The lowest BCUT2D eigenvalue weighted by Crippen LogP contribution is -2.45. The Labute approximate surface area is 551 Å². The first-order valence-electron chi connectivity index (χ1n) is 40.3. The number of carbonyl (C=O) groups is 2. The number of amides is 1. The summed E-state index contributed by atoms with van der Waals surface area (Å²) in [6, 6.07) is -0.627. The fraction of sp³-hybridized carbons (Fsp3) is 0.902. The largest absolute Gasteiger partial charge is 0.466 e. The molecule has 0 aliphatic heterocycles. The first-order chi connectivity index (χ1) is 43.5. The van der Waals surface area contributed by atoms with Crippen LogP contribution < -0.4 is 5.32 Å². The maximum absolute atomic E-state index is 12.6. The van der Waals surface area contributed by atoms with Gasteiger partial charge in [0.1, 0.15) is 0 Å². The third kappa shape index (κ3) is 73.1. The number of hydrogen-bond donors (Lipinski definition) is 3. The maximum Gasteiger partial charge on any atom is 0.305 e. The van der Waals surface area contributed by atoms with E-state index < -0.39 is 12.1 Å². The average molecular weight is 1240 g/mol. The van der Waals surface area contributed by atoms with Crippen LogP contribution in [0.3, 0.4) is 0 Å². The minimum Gasteiger partial charge on any atom is -0.466 e. The molecule has 0 rings (SSSR count). The molecule has 88 heavy (non-hydrogen) atoms. The summed E-state index contributed by atoms with van der Waals surface area (Å²) >= 11 is 0. The van der Waals surface area contributed by atoms with Gasteiger partial charge in [0.2, 0.25) is 5.91 Å². The van der Waals surface area contributed by atoms with Crippen LogP contribution in [-0.2, 0) is 14.3 Å². The first kappa shape index (κ1) is 86.1. The van der Waals surface area contributed by atoms with Crippen molar-refractivity contribution in [3.05, 3.63) is 36.5 Å². The Balaban J connectivity index is 3.37. The van der Waals surface area contributed by atoms with Crippen LogP contribution in [0.4, 0.5) is 0 Å². The number of aliphatic hydroxyl groups is 2. The highest BCUT2D eigenvalue weighted by Crippen LogP contribution is 2.20. The smallest absolute Gasteiger partial charge is 0.305 e. The Hall–Kier alpha value is -1.92. The number of nitrogens with one attached hydrogen (secondary N) is 1. The molecule has 2 atom stereocenters. The van der Waals surface area contributed by atoms with Gasteiger partial charge < -0.3 is 20.3 Å². The second-order valence-corrected chi connectivity index (χ2v) is 27.8. The van der Waals surface area contributed by atoms with E-state index in [9.17, 15) is 19.8 Å². The van der Waals surface area contributed by atoms with E-state index in [1.807, 2.05) is 6.08 Å². The predicted octanol–water partition coefficient (Wildman–Crippen LogP) is 26.6. The van der Waals surface area contributed by atoms with Crippen LogP contribution in [0.25, 0.3) is 0 Å². The van der Waals surface area contributed by atoms with Crippen molar-refractivity contribution in [1.29, 1.82) is 0 Å². The second kappa shape index (κ2) is 77.5. The molecule has 0 aromatic heterocycles. The molecule has 2 unspecified atom stereocenters. The molecule has 0 heterocycles. The van der Waals surface area contributed by atoms with Crippen LogP contribution in [0.1, 0.15) is 450 Å².